The summed E-state index contributed by atoms with van der Waals surface area (Å²) in [6.07, 6.45) is 3.36. The second kappa shape index (κ2) is 11.2. The van der Waals surface area contributed by atoms with E-state index < -0.39 is 16.0 Å². The van der Waals surface area contributed by atoms with Crippen LogP contribution in [-0.2, 0) is 19.6 Å². The van der Waals surface area contributed by atoms with Gasteiger partial charge in [0.05, 0.1) is 20.8 Å². The van der Waals surface area contributed by atoms with Crippen molar-refractivity contribution in [3.63, 3.8) is 0 Å². The number of carbonyl (C=O) groups is 2. The van der Waals surface area contributed by atoms with E-state index in [1.54, 1.807) is 0 Å². The van der Waals surface area contributed by atoms with Crippen LogP contribution in [0.15, 0.2) is 39.9 Å². The highest BCUT2D eigenvalue weighted by Crippen LogP contribution is 2.44. The molecule has 0 N–H and O–H groups in total. The Labute approximate surface area is 216 Å². The van der Waals surface area contributed by atoms with Gasteiger partial charge in [0.1, 0.15) is 11.3 Å². The minimum atomic E-state index is -3.82. The maximum atomic E-state index is 13.4. The number of likely N-dealkylation sites (tertiary alicyclic amines) is 1. The van der Waals surface area contributed by atoms with Gasteiger partial charge in [0.15, 0.2) is 9.96 Å². The van der Waals surface area contributed by atoms with Crippen LogP contribution in [0.3, 0.4) is 0 Å². The van der Waals surface area contributed by atoms with Crippen molar-refractivity contribution in [2.75, 3.05) is 47.0 Å². The minimum Gasteiger partial charge on any atom is -0.494 e. The van der Waals surface area contributed by atoms with Crippen molar-refractivity contribution < 1.29 is 32.2 Å². The fourth-order valence-electron chi connectivity index (χ4n) is 4.89. The predicted octanol–water partition coefficient (Wildman–Crippen LogP) is 3.41. The lowest BCUT2D eigenvalue weighted by Gasteiger charge is -2.39. The average Bonchev–Trinajstić information content (AvgIpc) is 3.52. The van der Waals surface area contributed by atoms with Crippen molar-refractivity contribution in [3.05, 3.63) is 41.3 Å². The van der Waals surface area contributed by atoms with E-state index >= 15 is 0 Å². The van der Waals surface area contributed by atoms with E-state index in [9.17, 15) is 18.0 Å². The molecule has 2 aliphatic heterocycles. The number of piperidine rings is 1. The zero-order valence-corrected chi connectivity index (χ0v) is 22.2. The molecule has 4 rings (SSSR count). The molecule has 196 valence electrons. The van der Waals surface area contributed by atoms with Gasteiger partial charge in [0.25, 0.3) is 10.0 Å². The van der Waals surface area contributed by atoms with Crippen LogP contribution in [0.4, 0.5) is 0 Å². The number of benzene rings is 1. The number of ether oxygens (including phenoxy) is 3. The van der Waals surface area contributed by atoms with Crippen LogP contribution in [0.5, 0.6) is 11.5 Å². The van der Waals surface area contributed by atoms with Gasteiger partial charge >= 0.3 is 5.97 Å². The van der Waals surface area contributed by atoms with Gasteiger partial charge in [0, 0.05) is 38.0 Å². The molecule has 11 heteroatoms. The summed E-state index contributed by atoms with van der Waals surface area (Å²) in [5.74, 6) is 0.311. The molecule has 1 amide bonds. The summed E-state index contributed by atoms with van der Waals surface area (Å²) in [5, 5.41) is 1.46. The van der Waals surface area contributed by atoms with E-state index in [-0.39, 0.29) is 26.8 Å². The summed E-state index contributed by atoms with van der Waals surface area (Å²) in [5.41, 5.74) is -0.0332. The Balaban J connectivity index is 1.30. The van der Waals surface area contributed by atoms with Crippen molar-refractivity contribution in [2.45, 2.75) is 36.3 Å². The second-order valence-corrected chi connectivity index (χ2v) is 12.2. The summed E-state index contributed by atoms with van der Waals surface area (Å²) in [6.45, 7) is 2.55. The largest absolute Gasteiger partial charge is 0.494 e. The first-order valence-electron chi connectivity index (χ1n) is 12.0. The molecule has 0 atom stereocenters. The van der Waals surface area contributed by atoms with Crippen LogP contribution in [0.2, 0.25) is 0 Å². The topological polar surface area (TPSA) is 102 Å². The third-order valence-corrected chi connectivity index (χ3v) is 10.3. The molecule has 2 fully saturated rings. The number of carbonyl (C=O) groups excluding carboxylic acids is 2. The minimum absolute atomic E-state index is 0.0211. The van der Waals surface area contributed by atoms with E-state index in [2.05, 4.69) is 0 Å². The molecule has 1 aromatic carbocycles. The normalized spacial score (nSPS) is 17.8. The maximum Gasteiger partial charge on any atom is 0.342 e. The Hall–Kier alpha value is -2.63. The van der Waals surface area contributed by atoms with E-state index in [0.717, 1.165) is 36.3 Å². The van der Waals surface area contributed by atoms with Gasteiger partial charge in [0.2, 0.25) is 5.91 Å². The molecule has 36 heavy (non-hydrogen) atoms. The lowest BCUT2D eigenvalue weighted by Crippen LogP contribution is -2.44. The molecular weight excluding hydrogens is 504 g/mol. The molecule has 0 radical (unpaired) electrons. The lowest BCUT2D eigenvalue weighted by atomic mass is 9.78. The number of rotatable bonds is 9. The van der Waals surface area contributed by atoms with Crippen LogP contribution in [-0.4, -0.2) is 76.5 Å². The van der Waals surface area contributed by atoms with Crippen LogP contribution >= 0.6 is 11.3 Å². The second-order valence-electron chi connectivity index (χ2n) is 9.20. The highest BCUT2D eigenvalue weighted by molar-refractivity contribution is 7.91. The number of hydrogen-bond acceptors (Lipinski definition) is 8. The number of sulfonamides is 1. The van der Waals surface area contributed by atoms with Crippen LogP contribution in [0, 0.1) is 5.41 Å². The molecular formula is C25H32N2O7S2. The van der Waals surface area contributed by atoms with E-state index in [0.29, 0.717) is 45.6 Å². The van der Waals surface area contributed by atoms with Gasteiger partial charge in [-0.2, -0.15) is 4.31 Å². The number of para-hydroxylation sites is 1. The van der Waals surface area contributed by atoms with Gasteiger partial charge in [-0.1, -0.05) is 18.2 Å². The van der Waals surface area contributed by atoms with Gasteiger partial charge in [-0.3, -0.25) is 4.79 Å². The van der Waals surface area contributed by atoms with Gasteiger partial charge in [-0.15, -0.1) is 11.3 Å². The first-order valence-corrected chi connectivity index (χ1v) is 14.3. The highest BCUT2D eigenvalue weighted by Gasteiger charge is 2.46. The Morgan fingerprint density at radius 1 is 1.06 bits per heavy atom. The Bertz CT molecular complexity index is 1170. The molecule has 2 saturated heterocycles. The van der Waals surface area contributed by atoms with Gasteiger partial charge in [-0.25, -0.2) is 13.2 Å². The van der Waals surface area contributed by atoms with Crippen LogP contribution < -0.4 is 9.47 Å². The maximum absolute atomic E-state index is 13.4. The summed E-state index contributed by atoms with van der Waals surface area (Å²) >= 11 is 0.967. The number of hydrogen-bond donors (Lipinski definition) is 0. The highest BCUT2D eigenvalue weighted by atomic mass is 32.2. The standard InChI is InChI=1S/C25H32N2O7S2/c1-32-22-20(23(29)33-2)17-35-24(22)36(30,31)27-15-12-25(18-27)10-13-26(14-11-25)21(28)9-6-16-34-19-7-4-3-5-8-19/h3-5,7-8,17H,6,9-16,18H2,1-2H3. The van der Waals surface area contributed by atoms with Crippen molar-refractivity contribution >= 4 is 33.2 Å². The molecule has 2 aliphatic rings. The molecule has 3 heterocycles. The van der Waals surface area contributed by atoms with Crippen molar-refractivity contribution in [1.29, 1.82) is 0 Å². The monoisotopic (exact) mass is 536 g/mol. The first-order chi connectivity index (χ1) is 17.3. The van der Waals surface area contributed by atoms with Gasteiger partial charge < -0.3 is 19.1 Å². The third kappa shape index (κ3) is 5.52. The van der Waals surface area contributed by atoms with Crippen LogP contribution in [0.1, 0.15) is 42.5 Å². The molecule has 1 aromatic heterocycles. The summed E-state index contributed by atoms with van der Waals surface area (Å²) in [7, 11) is -1.23. The number of thiophene rings is 1. The molecule has 2 aromatic rings. The Morgan fingerprint density at radius 3 is 2.42 bits per heavy atom. The summed E-state index contributed by atoms with van der Waals surface area (Å²) < 4.78 is 44.0. The zero-order valence-electron chi connectivity index (χ0n) is 20.6. The Morgan fingerprint density at radius 2 is 1.75 bits per heavy atom. The molecule has 0 unspecified atom stereocenters. The fraction of sp³-hybridized carbons (Fsp3) is 0.520. The molecule has 0 aliphatic carbocycles. The number of methoxy groups -OCH3 is 2. The number of nitrogens with zero attached hydrogens (tertiary/aromatic N) is 2. The molecule has 9 nitrogen and oxygen atoms in total. The van der Waals surface area contributed by atoms with Crippen molar-refractivity contribution in [1.82, 2.24) is 9.21 Å². The molecule has 1 spiro atoms. The van der Waals surface area contributed by atoms with E-state index in [1.165, 1.54) is 23.9 Å². The lowest BCUT2D eigenvalue weighted by molar-refractivity contribution is -0.133. The quantitative estimate of drug-likeness (QED) is 0.358. The summed E-state index contributed by atoms with van der Waals surface area (Å²) in [6, 6.07) is 9.54. The fourth-order valence-corrected chi connectivity index (χ4v) is 8.01. The van der Waals surface area contributed by atoms with Crippen molar-refractivity contribution in [3.8, 4) is 11.5 Å². The third-order valence-electron chi connectivity index (χ3n) is 7.02. The molecule has 0 saturated carbocycles. The SMILES string of the molecule is COC(=O)c1csc(S(=O)(=O)N2CCC3(CCN(C(=O)CCCOc4ccccc4)CC3)C2)c1OC. The smallest absolute Gasteiger partial charge is 0.342 e. The Kier molecular flexibility index (Phi) is 8.21. The molecule has 0 bridgehead atoms. The van der Waals surface area contributed by atoms with Crippen LogP contribution in [0.25, 0.3) is 0 Å². The van der Waals surface area contributed by atoms with Crippen molar-refractivity contribution in [2.24, 2.45) is 5.41 Å². The first kappa shape index (κ1) is 26.4. The number of amides is 1. The summed E-state index contributed by atoms with van der Waals surface area (Å²) in [4.78, 5) is 26.6. The number of esters is 1. The van der Waals surface area contributed by atoms with E-state index in [4.69, 9.17) is 14.2 Å². The zero-order chi connectivity index (χ0) is 25.8. The van der Waals surface area contributed by atoms with E-state index in [1.807, 2.05) is 35.2 Å². The van der Waals surface area contributed by atoms with Gasteiger partial charge in [-0.05, 0) is 43.2 Å². The predicted molar refractivity (Wildman–Crippen MR) is 135 cm³/mol. The average molecular weight is 537 g/mol.